The molecule has 0 radical (unpaired) electrons. The minimum absolute atomic E-state index is 0.826. The van der Waals surface area contributed by atoms with Crippen molar-refractivity contribution >= 4 is 11.6 Å². The lowest BCUT2D eigenvalue weighted by Gasteiger charge is -2.10. The van der Waals surface area contributed by atoms with E-state index >= 15 is 0 Å². The fraction of sp³-hybridized carbons (Fsp3) is 0.294. The normalized spacial score (nSPS) is 10.7. The fourth-order valence-corrected chi connectivity index (χ4v) is 2.36. The Balaban J connectivity index is 2.28. The zero-order valence-corrected chi connectivity index (χ0v) is 12.3. The van der Waals surface area contributed by atoms with Gasteiger partial charge in [0.15, 0.2) is 0 Å². The molecule has 0 amide bonds. The lowest BCUT2D eigenvalue weighted by Crippen LogP contribution is -2.14. The van der Waals surface area contributed by atoms with Gasteiger partial charge in [0.1, 0.15) is 0 Å². The molecule has 0 aliphatic heterocycles. The fourth-order valence-electron chi connectivity index (χ4n) is 2.17. The van der Waals surface area contributed by atoms with Gasteiger partial charge in [-0.2, -0.15) is 0 Å². The van der Waals surface area contributed by atoms with Crippen LogP contribution in [0.3, 0.4) is 0 Å². The van der Waals surface area contributed by atoms with Crippen LogP contribution in [-0.2, 0) is 6.54 Å². The summed E-state index contributed by atoms with van der Waals surface area (Å²) in [5.74, 6) is 0. The summed E-state index contributed by atoms with van der Waals surface area (Å²) in [5.41, 5.74) is 4.96. The van der Waals surface area contributed by atoms with Gasteiger partial charge in [0.25, 0.3) is 0 Å². The van der Waals surface area contributed by atoms with E-state index in [0.29, 0.717) is 0 Å². The lowest BCUT2D eigenvalue weighted by molar-refractivity contribution is 0.676. The third-order valence-corrected chi connectivity index (χ3v) is 3.61. The summed E-state index contributed by atoms with van der Waals surface area (Å²) in [6, 6.07) is 14.7. The first-order valence-corrected chi connectivity index (χ1v) is 7.15. The lowest BCUT2D eigenvalue weighted by atomic mass is 9.99. The molecule has 0 spiro atoms. The van der Waals surface area contributed by atoms with Crippen LogP contribution in [0.2, 0.25) is 5.02 Å². The van der Waals surface area contributed by atoms with Crippen LogP contribution in [0.25, 0.3) is 11.1 Å². The molecule has 0 saturated heterocycles. The molecule has 0 aliphatic carbocycles. The Labute approximate surface area is 120 Å². The largest absolute Gasteiger partial charge is 0.313 e. The molecular formula is C17H20ClN. The SMILES string of the molecule is CCCNCc1cc(-c2ccccc2C)ccc1Cl. The van der Waals surface area contributed by atoms with Crippen molar-refractivity contribution in [1.82, 2.24) is 5.32 Å². The van der Waals surface area contributed by atoms with E-state index < -0.39 is 0 Å². The van der Waals surface area contributed by atoms with Gasteiger partial charge < -0.3 is 5.32 Å². The summed E-state index contributed by atoms with van der Waals surface area (Å²) in [6.45, 7) is 6.15. The number of nitrogens with one attached hydrogen (secondary N) is 1. The monoisotopic (exact) mass is 273 g/mol. The van der Waals surface area contributed by atoms with Crippen LogP contribution in [0.15, 0.2) is 42.5 Å². The molecule has 100 valence electrons. The van der Waals surface area contributed by atoms with Crippen molar-refractivity contribution in [2.24, 2.45) is 0 Å². The molecule has 0 saturated carbocycles. The minimum Gasteiger partial charge on any atom is -0.313 e. The van der Waals surface area contributed by atoms with Crippen molar-refractivity contribution in [2.75, 3.05) is 6.54 Å². The second-order valence-corrected chi connectivity index (χ2v) is 5.21. The van der Waals surface area contributed by atoms with Crippen molar-refractivity contribution in [3.05, 3.63) is 58.6 Å². The Bertz CT molecular complexity index is 549. The smallest absolute Gasteiger partial charge is 0.0451 e. The average Bonchev–Trinajstić information content (AvgIpc) is 2.42. The minimum atomic E-state index is 0.826. The molecule has 0 atom stereocenters. The summed E-state index contributed by atoms with van der Waals surface area (Å²) in [7, 11) is 0. The van der Waals surface area contributed by atoms with Gasteiger partial charge in [-0.15, -0.1) is 0 Å². The summed E-state index contributed by atoms with van der Waals surface area (Å²) in [6.07, 6.45) is 1.13. The Hall–Kier alpha value is -1.31. The molecule has 0 bridgehead atoms. The second-order valence-electron chi connectivity index (χ2n) is 4.80. The Morgan fingerprint density at radius 1 is 1.11 bits per heavy atom. The van der Waals surface area contributed by atoms with E-state index in [9.17, 15) is 0 Å². The van der Waals surface area contributed by atoms with Crippen LogP contribution in [-0.4, -0.2) is 6.54 Å². The number of halogens is 1. The van der Waals surface area contributed by atoms with Crippen molar-refractivity contribution in [3.63, 3.8) is 0 Å². The topological polar surface area (TPSA) is 12.0 Å². The standard InChI is InChI=1S/C17H20ClN/c1-3-10-19-12-15-11-14(8-9-17(15)18)16-7-5-4-6-13(16)2/h4-9,11,19H,3,10,12H2,1-2H3. The van der Waals surface area contributed by atoms with Crippen molar-refractivity contribution in [2.45, 2.75) is 26.8 Å². The van der Waals surface area contributed by atoms with Crippen LogP contribution < -0.4 is 5.32 Å². The highest BCUT2D eigenvalue weighted by molar-refractivity contribution is 6.31. The molecule has 2 aromatic carbocycles. The van der Waals surface area contributed by atoms with E-state index in [0.717, 1.165) is 30.1 Å². The van der Waals surface area contributed by atoms with E-state index in [4.69, 9.17) is 11.6 Å². The summed E-state index contributed by atoms with van der Waals surface area (Å²) >= 11 is 6.26. The molecule has 0 heterocycles. The summed E-state index contributed by atoms with van der Waals surface area (Å²) < 4.78 is 0. The first-order valence-electron chi connectivity index (χ1n) is 6.77. The molecular weight excluding hydrogens is 254 g/mol. The number of hydrogen-bond acceptors (Lipinski definition) is 1. The molecule has 0 aliphatic rings. The van der Waals surface area contributed by atoms with Gasteiger partial charge in [-0.05, 0) is 54.3 Å². The summed E-state index contributed by atoms with van der Waals surface area (Å²) in [4.78, 5) is 0. The van der Waals surface area contributed by atoms with Gasteiger partial charge in [-0.3, -0.25) is 0 Å². The zero-order chi connectivity index (χ0) is 13.7. The molecule has 2 heteroatoms. The van der Waals surface area contributed by atoms with Gasteiger partial charge in [-0.1, -0.05) is 48.9 Å². The summed E-state index contributed by atoms with van der Waals surface area (Å²) in [5, 5.41) is 4.24. The highest BCUT2D eigenvalue weighted by Crippen LogP contribution is 2.27. The van der Waals surface area contributed by atoms with Crippen molar-refractivity contribution < 1.29 is 0 Å². The van der Waals surface area contributed by atoms with Crippen molar-refractivity contribution in [3.8, 4) is 11.1 Å². The average molecular weight is 274 g/mol. The number of hydrogen-bond donors (Lipinski definition) is 1. The third kappa shape index (κ3) is 3.59. The maximum Gasteiger partial charge on any atom is 0.0451 e. The predicted octanol–water partition coefficient (Wildman–Crippen LogP) is 4.82. The van der Waals surface area contributed by atoms with E-state index in [1.807, 2.05) is 6.07 Å². The molecule has 19 heavy (non-hydrogen) atoms. The first-order chi connectivity index (χ1) is 9.22. The first kappa shape index (κ1) is 14.1. The van der Waals surface area contributed by atoms with Crippen LogP contribution in [0.5, 0.6) is 0 Å². The quantitative estimate of drug-likeness (QED) is 0.771. The highest BCUT2D eigenvalue weighted by Gasteiger charge is 2.05. The zero-order valence-electron chi connectivity index (χ0n) is 11.5. The predicted molar refractivity (Wildman–Crippen MR) is 83.6 cm³/mol. The molecule has 1 N–H and O–H groups in total. The Kier molecular flexibility index (Phi) is 5.00. The maximum atomic E-state index is 6.26. The van der Waals surface area contributed by atoms with Crippen LogP contribution in [0.4, 0.5) is 0 Å². The van der Waals surface area contributed by atoms with E-state index in [1.54, 1.807) is 0 Å². The molecule has 2 aromatic rings. The van der Waals surface area contributed by atoms with E-state index in [-0.39, 0.29) is 0 Å². The number of aryl methyl sites for hydroxylation is 1. The van der Waals surface area contributed by atoms with Crippen LogP contribution in [0, 0.1) is 6.92 Å². The van der Waals surface area contributed by atoms with Gasteiger partial charge >= 0.3 is 0 Å². The molecule has 1 nitrogen and oxygen atoms in total. The van der Waals surface area contributed by atoms with E-state index in [2.05, 4.69) is 55.6 Å². The van der Waals surface area contributed by atoms with Crippen molar-refractivity contribution in [1.29, 1.82) is 0 Å². The molecule has 2 rings (SSSR count). The molecule has 0 fully saturated rings. The highest BCUT2D eigenvalue weighted by atomic mass is 35.5. The second kappa shape index (κ2) is 6.74. The van der Waals surface area contributed by atoms with Crippen LogP contribution >= 0.6 is 11.6 Å². The molecule has 0 unspecified atom stereocenters. The van der Waals surface area contributed by atoms with Gasteiger partial charge in [0, 0.05) is 11.6 Å². The Morgan fingerprint density at radius 2 is 1.89 bits per heavy atom. The number of benzene rings is 2. The van der Waals surface area contributed by atoms with Gasteiger partial charge in [0.05, 0.1) is 0 Å². The van der Waals surface area contributed by atoms with Gasteiger partial charge in [0.2, 0.25) is 0 Å². The molecule has 0 aromatic heterocycles. The number of rotatable bonds is 5. The maximum absolute atomic E-state index is 6.26. The Morgan fingerprint density at radius 3 is 2.63 bits per heavy atom. The van der Waals surface area contributed by atoms with Gasteiger partial charge in [-0.25, -0.2) is 0 Å². The van der Waals surface area contributed by atoms with E-state index in [1.165, 1.54) is 16.7 Å². The van der Waals surface area contributed by atoms with Crippen LogP contribution in [0.1, 0.15) is 24.5 Å². The third-order valence-electron chi connectivity index (χ3n) is 3.24.